The van der Waals surface area contributed by atoms with Crippen LogP contribution in [0.1, 0.15) is 11.3 Å². The highest BCUT2D eigenvalue weighted by Gasteiger charge is 2.18. The lowest BCUT2D eigenvalue weighted by Crippen LogP contribution is -1.92. The topological polar surface area (TPSA) is 70.5 Å². The van der Waals surface area contributed by atoms with Gasteiger partial charge in [-0.25, -0.2) is 0 Å². The van der Waals surface area contributed by atoms with Gasteiger partial charge < -0.3 is 18.3 Å². The van der Waals surface area contributed by atoms with Crippen LogP contribution >= 0.6 is 27.7 Å². The van der Waals surface area contributed by atoms with Gasteiger partial charge in [0.05, 0.1) is 11.8 Å². The molecule has 3 heterocycles. The maximum absolute atomic E-state index is 5.67. The lowest BCUT2D eigenvalue weighted by molar-refractivity contribution is 0.174. The summed E-state index contributed by atoms with van der Waals surface area (Å²) in [5.74, 6) is 3.39. The molecule has 4 rings (SSSR count). The SMILES string of the molecule is Cc1occc1-c1nnc(SCc2cc3c(cc2Br)OCO3)o1. The summed E-state index contributed by atoms with van der Waals surface area (Å²) in [6.07, 6.45) is 1.60. The fourth-order valence-electron chi connectivity index (χ4n) is 2.19. The molecule has 118 valence electrons. The maximum Gasteiger partial charge on any atom is 0.277 e. The minimum Gasteiger partial charge on any atom is -0.469 e. The van der Waals surface area contributed by atoms with Crippen LogP contribution in [0.5, 0.6) is 11.5 Å². The molecule has 0 radical (unpaired) electrons. The van der Waals surface area contributed by atoms with Crippen molar-refractivity contribution in [3.05, 3.63) is 40.3 Å². The molecule has 23 heavy (non-hydrogen) atoms. The highest BCUT2D eigenvalue weighted by molar-refractivity contribution is 9.10. The van der Waals surface area contributed by atoms with Crippen LogP contribution in [-0.2, 0) is 5.75 Å². The van der Waals surface area contributed by atoms with Crippen molar-refractivity contribution < 1.29 is 18.3 Å². The maximum atomic E-state index is 5.67. The molecule has 0 saturated heterocycles. The number of thioether (sulfide) groups is 1. The smallest absolute Gasteiger partial charge is 0.277 e. The van der Waals surface area contributed by atoms with Crippen LogP contribution in [0.25, 0.3) is 11.5 Å². The summed E-state index contributed by atoms with van der Waals surface area (Å²) < 4.78 is 22.6. The minimum absolute atomic E-state index is 0.259. The molecule has 1 aromatic carbocycles. The molecule has 0 aliphatic carbocycles. The predicted octanol–water partition coefficient (Wildman–Crippen LogP) is 4.42. The van der Waals surface area contributed by atoms with Gasteiger partial charge in [0.1, 0.15) is 5.76 Å². The van der Waals surface area contributed by atoms with Gasteiger partial charge in [-0.05, 0) is 30.7 Å². The minimum atomic E-state index is 0.259. The van der Waals surface area contributed by atoms with Crippen molar-refractivity contribution in [2.75, 3.05) is 6.79 Å². The number of halogens is 1. The Labute approximate surface area is 144 Å². The molecule has 0 N–H and O–H groups in total. The Bertz CT molecular complexity index is 861. The van der Waals surface area contributed by atoms with Crippen molar-refractivity contribution in [3.63, 3.8) is 0 Å². The van der Waals surface area contributed by atoms with E-state index in [1.165, 1.54) is 11.8 Å². The van der Waals surface area contributed by atoms with Crippen LogP contribution < -0.4 is 9.47 Å². The van der Waals surface area contributed by atoms with Gasteiger partial charge in [0.15, 0.2) is 11.5 Å². The fraction of sp³-hybridized carbons (Fsp3) is 0.200. The number of hydrogen-bond donors (Lipinski definition) is 0. The summed E-state index contributed by atoms with van der Waals surface area (Å²) in [5.41, 5.74) is 1.88. The summed E-state index contributed by atoms with van der Waals surface area (Å²) in [5, 5.41) is 8.63. The summed E-state index contributed by atoms with van der Waals surface area (Å²) in [6.45, 7) is 2.12. The zero-order chi connectivity index (χ0) is 15.8. The number of aryl methyl sites for hydroxylation is 1. The van der Waals surface area contributed by atoms with E-state index in [9.17, 15) is 0 Å². The van der Waals surface area contributed by atoms with Crippen molar-refractivity contribution >= 4 is 27.7 Å². The van der Waals surface area contributed by atoms with Gasteiger partial charge in [-0.15, -0.1) is 10.2 Å². The molecule has 6 nitrogen and oxygen atoms in total. The first-order valence-electron chi connectivity index (χ1n) is 6.79. The lowest BCUT2D eigenvalue weighted by atomic mass is 10.2. The van der Waals surface area contributed by atoms with E-state index in [2.05, 4.69) is 26.1 Å². The number of nitrogens with zero attached hydrogens (tertiary/aromatic N) is 2. The number of furan rings is 1. The van der Waals surface area contributed by atoms with E-state index in [4.69, 9.17) is 18.3 Å². The molecule has 1 aliphatic heterocycles. The van der Waals surface area contributed by atoms with Gasteiger partial charge >= 0.3 is 0 Å². The number of aromatic nitrogens is 2. The van der Waals surface area contributed by atoms with Crippen LogP contribution in [0.4, 0.5) is 0 Å². The quantitative estimate of drug-likeness (QED) is 0.606. The Balaban J connectivity index is 1.50. The van der Waals surface area contributed by atoms with Crippen molar-refractivity contribution in [1.82, 2.24) is 10.2 Å². The molecule has 0 fully saturated rings. The second-order valence-corrected chi connectivity index (χ2v) is 6.63. The largest absolute Gasteiger partial charge is 0.469 e. The third-order valence-corrected chi connectivity index (χ3v) is 4.99. The third kappa shape index (κ3) is 2.84. The highest BCUT2D eigenvalue weighted by atomic mass is 79.9. The number of ether oxygens (including phenoxy) is 2. The van der Waals surface area contributed by atoms with Crippen LogP contribution in [0, 0.1) is 6.92 Å². The summed E-state index contributed by atoms with van der Waals surface area (Å²) in [6, 6.07) is 5.68. The monoisotopic (exact) mass is 394 g/mol. The van der Waals surface area contributed by atoms with Gasteiger partial charge in [0.2, 0.25) is 6.79 Å². The van der Waals surface area contributed by atoms with E-state index in [0.29, 0.717) is 16.9 Å². The van der Waals surface area contributed by atoms with E-state index in [1.807, 2.05) is 25.1 Å². The molecule has 1 aliphatic rings. The van der Waals surface area contributed by atoms with Crippen LogP contribution in [0.15, 0.2) is 43.0 Å². The van der Waals surface area contributed by atoms with Crippen LogP contribution in [0.3, 0.4) is 0 Å². The zero-order valence-electron chi connectivity index (χ0n) is 12.0. The third-order valence-electron chi connectivity index (χ3n) is 3.39. The normalized spacial score (nSPS) is 12.8. The van der Waals surface area contributed by atoms with Crippen molar-refractivity contribution in [1.29, 1.82) is 0 Å². The zero-order valence-corrected chi connectivity index (χ0v) is 14.4. The second kappa shape index (κ2) is 5.93. The predicted molar refractivity (Wildman–Crippen MR) is 86.6 cm³/mol. The van der Waals surface area contributed by atoms with Crippen molar-refractivity contribution in [3.8, 4) is 23.0 Å². The van der Waals surface area contributed by atoms with Crippen LogP contribution in [0.2, 0.25) is 0 Å². The standard InChI is InChI=1S/C15H11BrN2O4S/c1-8-10(2-3-19-8)14-17-18-15(22-14)23-6-9-4-12-13(5-11(9)16)21-7-20-12/h2-5H,6-7H2,1H3. The van der Waals surface area contributed by atoms with E-state index in [0.717, 1.165) is 32.9 Å². The molecule has 0 unspecified atom stereocenters. The van der Waals surface area contributed by atoms with Gasteiger partial charge in [-0.3, -0.25) is 0 Å². The Hall–Kier alpha value is -1.93. The molecular formula is C15H11BrN2O4S. The Morgan fingerprint density at radius 3 is 2.83 bits per heavy atom. The summed E-state index contributed by atoms with van der Waals surface area (Å²) in [7, 11) is 0. The lowest BCUT2D eigenvalue weighted by Gasteiger charge is -2.04. The molecular weight excluding hydrogens is 384 g/mol. The fourth-order valence-corrected chi connectivity index (χ4v) is 3.60. The number of hydrogen-bond acceptors (Lipinski definition) is 7. The summed E-state index contributed by atoms with van der Waals surface area (Å²) in [4.78, 5) is 0. The van der Waals surface area contributed by atoms with Gasteiger partial charge in [-0.1, -0.05) is 27.7 Å². The van der Waals surface area contributed by atoms with Crippen LogP contribution in [-0.4, -0.2) is 17.0 Å². The molecule has 3 aromatic rings. The van der Waals surface area contributed by atoms with Gasteiger partial charge in [0.25, 0.3) is 11.1 Å². The molecule has 2 aromatic heterocycles. The van der Waals surface area contributed by atoms with Gasteiger partial charge in [0, 0.05) is 10.2 Å². The van der Waals surface area contributed by atoms with E-state index >= 15 is 0 Å². The Morgan fingerprint density at radius 2 is 2.04 bits per heavy atom. The molecule has 0 bridgehead atoms. The van der Waals surface area contributed by atoms with Gasteiger partial charge in [-0.2, -0.15) is 0 Å². The van der Waals surface area contributed by atoms with E-state index in [-0.39, 0.29) is 6.79 Å². The molecule has 0 atom stereocenters. The molecule has 0 saturated carbocycles. The van der Waals surface area contributed by atoms with Crippen molar-refractivity contribution in [2.24, 2.45) is 0 Å². The van der Waals surface area contributed by atoms with E-state index < -0.39 is 0 Å². The molecule has 0 spiro atoms. The molecule has 8 heteroatoms. The Kier molecular flexibility index (Phi) is 3.78. The first kappa shape index (κ1) is 14.6. The summed E-state index contributed by atoms with van der Waals surface area (Å²) >= 11 is 5.00. The number of fused-ring (bicyclic) bond motifs is 1. The first-order valence-corrected chi connectivity index (χ1v) is 8.57. The highest BCUT2D eigenvalue weighted by Crippen LogP contribution is 2.39. The number of benzene rings is 1. The first-order chi connectivity index (χ1) is 11.2. The van der Waals surface area contributed by atoms with E-state index in [1.54, 1.807) is 6.26 Å². The average Bonchev–Trinajstić information content (AvgIpc) is 3.24. The molecule has 0 amide bonds. The average molecular weight is 395 g/mol. The Morgan fingerprint density at radius 1 is 1.22 bits per heavy atom. The van der Waals surface area contributed by atoms with Crippen molar-refractivity contribution in [2.45, 2.75) is 17.9 Å². The number of rotatable bonds is 4. The second-order valence-electron chi connectivity index (χ2n) is 4.85.